The monoisotopic (exact) mass is 269 g/mol. The van der Waals surface area contributed by atoms with E-state index in [0.29, 0.717) is 12.1 Å². The van der Waals surface area contributed by atoms with Crippen molar-refractivity contribution < 1.29 is 9.63 Å². The van der Waals surface area contributed by atoms with Crippen molar-refractivity contribution in [3.8, 4) is 0 Å². The van der Waals surface area contributed by atoms with Gasteiger partial charge in [0.05, 0.1) is 11.9 Å². The third-order valence-corrected chi connectivity index (χ3v) is 3.35. The average molecular weight is 269 g/mol. The molecule has 20 heavy (non-hydrogen) atoms. The first-order valence-corrected chi connectivity index (χ1v) is 6.50. The summed E-state index contributed by atoms with van der Waals surface area (Å²) in [4.78, 5) is 23.4. The highest BCUT2D eigenvalue weighted by Crippen LogP contribution is 2.33. The molecule has 0 fully saturated rings. The first kappa shape index (κ1) is 12.5. The summed E-state index contributed by atoms with van der Waals surface area (Å²) in [5, 5.41) is 0. The predicted molar refractivity (Wildman–Crippen MR) is 76.2 cm³/mol. The Hall–Kier alpha value is -2.56. The van der Waals surface area contributed by atoms with Gasteiger partial charge >= 0.3 is 0 Å². The number of nitrogens with zero attached hydrogens (tertiary/aromatic N) is 2. The maximum atomic E-state index is 12.0. The number of hydrogen-bond acceptors (Lipinski definition) is 4. The number of carbonyl (C=O) groups is 1. The fourth-order valence-electron chi connectivity index (χ4n) is 2.30. The minimum atomic E-state index is -0.165. The number of likely N-dealkylation sites (N-methyl/N-ethyl adjacent to an activating group) is 1. The number of hydroxylamine groups is 1. The number of hydrogen-bond donors (Lipinski definition) is 1. The van der Waals surface area contributed by atoms with Crippen molar-refractivity contribution in [2.45, 2.75) is 13.3 Å². The molecule has 0 saturated heterocycles. The Morgan fingerprint density at radius 3 is 2.75 bits per heavy atom. The van der Waals surface area contributed by atoms with Crippen molar-refractivity contribution in [1.29, 1.82) is 0 Å². The van der Waals surface area contributed by atoms with Gasteiger partial charge in [-0.15, -0.1) is 0 Å². The molecule has 0 bridgehead atoms. The average Bonchev–Trinajstić information content (AvgIpc) is 2.86. The van der Waals surface area contributed by atoms with Gasteiger partial charge < -0.3 is 9.74 Å². The molecule has 1 aromatic rings. The molecule has 5 heteroatoms. The number of benzene rings is 1. The third kappa shape index (κ3) is 1.87. The van der Waals surface area contributed by atoms with Gasteiger partial charge in [0.25, 0.3) is 5.91 Å². The smallest absolute Gasteiger partial charge is 0.269 e. The van der Waals surface area contributed by atoms with Gasteiger partial charge in [0.2, 0.25) is 0 Å². The van der Waals surface area contributed by atoms with Crippen LogP contribution in [-0.4, -0.2) is 24.1 Å². The third-order valence-electron chi connectivity index (χ3n) is 3.35. The van der Waals surface area contributed by atoms with Crippen LogP contribution in [0.3, 0.4) is 0 Å². The maximum Gasteiger partial charge on any atom is 0.269 e. The van der Waals surface area contributed by atoms with Gasteiger partial charge in [-0.2, -0.15) is 0 Å². The molecule has 0 radical (unpaired) electrons. The van der Waals surface area contributed by atoms with Crippen LogP contribution in [0.1, 0.15) is 18.9 Å². The predicted octanol–water partition coefficient (Wildman–Crippen LogP) is 2.05. The SMILES string of the molecule is CCC1=C2C(=C(c3ccccc3)N=CC(=O)N2C)NO1. The highest BCUT2D eigenvalue weighted by atomic mass is 16.7. The molecule has 0 atom stereocenters. The number of amides is 1. The molecule has 0 saturated carbocycles. The minimum absolute atomic E-state index is 0.165. The maximum absolute atomic E-state index is 12.0. The summed E-state index contributed by atoms with van der Waals surface area (Å²) in [6.07, 6.45) is 2.04. The minimum Gasteiger partial charge on any atom is -0.384 e. The highest BCUT2D eigenvalue weighted by Gasteiger charge is 2.31. The lowest BCUT2D eigenvalue weighted by molar-refractivity contribution is -0.120. The fourth-order valence-corrected chi connectivity index (χ4v) is 2.30. The van der Waals surface area contributed by atoms with Crippen LogP contribution in [0.25, 0.3) is 5.70 Å². The fraction of sp³-hybridized carbons (Fsp3) is 0.200. The summed E-state index contributed by atoms with van der Waals surface area (Å²) in [5.41, 5.74) is 6.04. The molecular formula is C15H15N3O2. The normalized spacial score (nSPS) is 17.9. The first-order chi connectivity index (χ1) is 9.72. The summed E-state index contributed by atoms with van der Waals surface area (Å²) >= 11 is 0. The van der Waals surface area contributed by atoms with Crippen LogP contribution >= 0.6 is 0 Å². The topological polar surface area (TPSA) is 53.9 Å². The van der Waals surface area contributed by atoms with Crippen LogP contribution < -0.4 is 5.48 Å². The van der Waals surface area contributed by atoms with E-state index in [2.05, 4.69) is 10.5 Å². The second-order valence-electron chi connectivity index (χ2n) is 4.57. The van der Waals surface area contributed by atoms with Gasteiger partial charge in [-0.1, -0.05) is 37.3 Å². The molecule has 0 aliphatic carbocycles. The molecule has 102 valence electrons. The molecule has 1 N–H and O–H groups in total. The Bertz CT molecular complexity index is 644. The van der Waals surface area contributed by atoms with E-state index in [1.54, 1.807) is 11.9 Å². The van der Waals surface area contributed by atoms with E-state index in [-0.39, 0.29) is 5.91 Å². The van der Waals surface area contributed by atoms with E-state index < -0.39 is 0 Å². The van der Waals surface area contributed by atoms with Crippen molar-refractivity contribution in [2.75, 3.05) is 7.05 Å². The standard InChI is InChI=1S/C15H15N3O2/c1-3-11-15-14(17-20-11)13(10-7-5-4-6-8-10)16-9-12(19)18(15)2/h4-9,17H,3H2,1-2H3. The van der Waals surface area contributed by atoms with E-state index in [4.69, 9.17) is 4.84 Å². The van der Waals surface area contributed by atoms with Crippen molar-refractivity contribution >= 4 is 17.8 Å². The van der Waals surface area contributed by atoms with Crippen molar-refractivity contribution in [3.63, 3.8) is 0 Å². The molecule has 0 unspecified atom stereocenters. The van der Waals surface area contributed by atoms with E-state index in [1.165, 1.54) is 6.21 Å². The van der Waals surface area contributed by atoms with Crippen molar-refractivity contribution in [3.05, 3.63) is 53.0 Å². The van der Waals surface area contributed by atoms with Gasteiger partial charge in [-0.25, -0.2) is 10.5 Å². The Morgan fingerprint density at radius 1 is 1.30 bits per heavy atom. The van der Waals surface area contributed by atoms with Gasteiger partial charge in [0.1, 0.15) is 11.4 Å². The molecule has 2 heterocycles. The molecule has 2 aliphatic rings. The number of rotatable bonds is 2. The van der Waals surface area contributed by atoms with E-state index in [0.717, 1.165) is 22.7 Å². The second kappa shape index (κ2) is 4.85. The lowest BCUT2D eigenvalue weighted by Crippen LogP contribution is -2.27. The zero-order valence-electron chi connectivity index (χ0n) is 11.4. The summed E-state index contributed by atoms with van der Waals surface area (Å²) in [5.74, 6) is 0.580. The Kier molecular flexibility index (Phi) is 3.02. The zero-order chi connectivity index (χ0) is 14.1. The Balaban J connectivity index is 2.21. The highest BCUT2D eigenvalue weighted by molar-refractivity contribution is 6.28. The zero-order valence-corrected chi connectivity index (χ0v) is 11.4. The van der Waals surface area contributed by atoms with Crippen LogP contribution in [-0.2, 0) is 9.63 Å². The summed E-state index contributed by atoms with van der Waals surface area (Å²) in [7, 11) is 1.73. The number of aliphatic imine (C=N–C) groups is 1. The molecule has 5 nitrogen and oxygen atoms in total. The van der Waals surface area contributed by atoms with Crippen LogP contribution in [0.15, 0.2) is 52.5 Å². The largest absolute Gasteiger partial charge is 0.384 e. The number of carbonyl (C=O) groups excluding carboxylic acids is 1. The Labute approximate surface area is 117 Å². The van der Waals surface area contributed by atoms with Crippen molar-refractivity contribution in [2.24, 2.45) is 4.99 Å². The first-order valence-electron chi connectivity index (χ1n) is 6.50. The number of allylic oxidation sites excluding steroid dienone is 1. The second-order valence-corrected chi connectivity index (χ2v) is 4.57. The number of nitrogens with one attached hydrogen (secondary N) is 1. The van der Waals surface area contributed by atoms with E-state index in [9.17, 15) is 4.79 Å². The summed E-state index contributed by atoms with van der Waals surface area (Å²) < 4.78 is 0. The van der Waals surface area contributed by atoms with Crippen LogP contribution in [0.5, 0.6) is 0 Å². The molecule has 0 spiro atoms. The van der Waals surface area contributed by atoms with Gasteiger partial charge in [0.15, 0.2) is 5.76 Å². The quantitative estimate of drug-likeness (QED) is 0.894. The van der Waals surface area contributed by atoms with Gasteiger partial charge in [0, 0.05) is 19.0 Å². The Morgan fingerprint density at radius 2 is 2.05 bits per heavy atom. The van der Waals surface area contributed by atoms with Crippen LogP contribution in [0, 0.1) is 0 Å². The van der Waals surface area contributed by atoms with Gasteiger partial charge in [-0.3, -0.25) is 4.79 Å². The molecule has 0 aromatic heterocycles. The molecule has 1 aromatic carbocycles. The van der Waals surface area contributed by atoms with Crippen molar-refractivity contribution in [1.82, 2.24) is 10.4 Å². The molecule has 1 amide bonds. The molecule has 2 aliphatic heterocycles. The summed E-state index contributed by atoms with van der Waals surface area (Å²) in [6.45, 7) is 1.99. The van der Waals surface area contributed by atoms with E-state index in [1.807, 2.05) is 37.3 Å². The number of fused-ring (bicyclic) bond motifs is 1. The molecule has 3 rings (SSSR count). The lowest BCUT2D eigenvalue weighted by Gasteiger charge is -2.15. The molecular weight excluding hydrogens is 254 g/mol. The lowest BCUT2D eigenvalue weighted by atomic mass is 10.1. The van der Waals surface area contributed by atoms with Crippen LogP contribution in [0.2, 0.25) is 0 Å². The van der Waals surface area contributed by atoms with Gasteiger partial charge in [-0.05, 0) is 0 Å². The van der Waals surface area contributed by atoms with E-state index >= 15 is 0 Å². The summed E-state index contributed by atoms with van der Waals surface area (Å²) in [6, 6.07) is 9.74. The van der Waals surface area contributed by atoms with Crippen LogP contribution in [0.4, 0.5) is 0 Å².